The number of imide groups is 3. The van der Waals surface area contributed by atoms with Crippen molar-refractivity contribution in [2.75, 3.05) is 13.7 Å². The van der Waals surface area contributed by atoms with Crippen molar-refractivity contribution < 1.29 is 33.1 Å². The first-order valence-electron chi connectivity index (χ1n) is 12.0. The smallest absolute Gasteiger partial charge is 0.331 e. The number of carbonyl (C=O) groups excluding carboxylic acids is 5. The van der Waals surface area contributed by atoms with E-state index in [0.29, 0.717) is 33.6 Å². The average Bonchev–Trinajstić information content (AvgIpc) is 3.17. The van der Waals surface area contributed by atoms with Crippen LogP contribution in [0.1, 0.15) is 37.4 Å². The topological polar surface area (TPSA) is 113 Å². The molecule has 2 aliphatic heterocycles. The molecule has 0 aliphatic carbocycles. The summed E-state index contributed by atoms with van der Waals surface area (Å²) in [4.78, 5) is 65.8. The maximum Gasteiger partial charge on any atom is 0.331 e. The Kier molecular flexibility index (Phi) is 6.76. The Morgan fingerprint density at radius 2 is 1.51 bits per heavy atom. The lowest BCUT2D eigenvalue weighted by Gasteiger charge is -2.26. The van der Waals surface area contributed by atoms with Gasteiger partial charge < -0.3 is 4.74 Å². The molecule has 0 aromatic heterocycles. The van der Waals surface area contributed by atoms with E-state index in [1.54, 1.807) is 54.6 Å². The number of rotatable bonds is 7. The number of ether oxygens (including phenoxy) is 1. The lowest BCUT2D eigenvalue weighted by atomic mass is 10.0. The summed E-state index contributed by atoms with van der Waals surface area (Å²) in [6, 6.07) is 16.2. The van der Waals surface area contributed by atoms with Crippen molar-refractivity contribution in [3.8, 4) is 5.75 Å². The van der Waals surface area contributed by atoms with Gasteiger partial charge in [-0.2, -0.15) is 0 Å². The summed E-state index contributed by atoms with van der Waals surface area (Å²) >= 11 is 0. The Balaban J connectivity index is 1.39. The van der Waals surface area contributed by atoms with E-state index in [0.717, 1.165) is 9.80 Å². The van der Waals surface area contributed by atoms with Crippen molar-refractivity contribution in [2.24, 2.45) is 0 Å². The predicted molar refractivity (Wildman–Crippen MR) is 137 cm³/mol. The first-order valence-corrected chi connectivity index (χ1v) is 12.0. The van der Waals surface area contributed by atoms with Crippen LogP contribution in [0.3, 0.4) is 0 Å². The minimum absolute atomic E-state index is 0.0193. The molecule has 0 unspecified atom stereocenters. The molecule has 0 atom stereocenters. The molecule has 1 N–H and O–H groups in total. The van der Waals surface area contributed by atoms with E-state index in [4.69, 9.17) is 4.74 Å². The van der Waals surface area contributed by atoms with Crippen LogP contribution in [-0.4, -0.2) is 53.1 Å². The van der Waals surface area contributed by atoms with Crippen molar-refractivity contribution in [1.82, 2.24) is 15.1 Å². The lowest BCUT2D eigenvalue weighted by molar-refractivity contribution is -0.130. The molecule has 5 rings (SSSR count). The highest BCUT2D eigenvalue weighted by Gasteiger charge is 2.37. The van der Waals surface area contributed by atoms with Crippen LogP contribution in [-0.2, 0) is 22.6 Å². The maximum absolute atomic E-state index is 13.2. The van der Waals surface area contributed by atoms with Crippen LogP contribution < -0.4 is 10.1 Å². The molecule has 39 heavy (non-hydrogen) atoms. The van der Waals surface area contributed by atoms with Crippen molar-refractivity contribution in [3.63, 3.8) is 0 Å². The number of nitrogens with zero attached hydrogens (tertiary/aromatic N) is 2. The standard InChI is InChI=1S/C29H22FN3O6/c1-39-24-11-8-18(14-19(24)16-33-26(35)21-4-2-3-5-22(21)27(33)36)15-23-25(34)31-29(38)32(28(23)37)13-12-17-6-9-20(30)10-7-17/h2-11,14-15H,12-13,16H2,1H3,(H,31,34,38). The zero-order chi connectivity index (χ0) is 27.7. The monoisotopic (exact) mass is 527 g/mol. The van der Waals surface area contributed by atoms with E-state index in [2.05, 4.69) is 5.32 Å². The van der Waals surface area contributed by atoms with Gasteiger partial charge in [-0.1, -0.05) is 30.3 Å². The highest BCUT2D eigenvalue weighted by Crippen LogP contribution is 2.29. The van der Waals surface area contributed by atoms with Gasteiger partial charge in [-0.05, 0) is 60.0 Å². The molecular formula is C29H22FN3O6. The fourth-order valence-corrected chi connectivity index (χ4v) is 4.52. The largest absolute Gasteiger partial charge is 0.496 e. The van der Waals surface area contributed by atoms with E-state index in [1.807, 2.05) is 0 Å². The SMILES string of the molecule is COc1ccc(C=C2C(=O)NC(=O)N(CCc3ccc(F)cc3)C2=O)cc1CN1C(=O)c2ccccc2C1=O. The highest BCUT2D eigenvalue weighted by molar-refractivity contribution is 6.31. The van der Waals surface area contributed by atoms with Crippen molar-refractivity contribution in [2.45, 2.75) is 13.0 Å². The van der Waals surface area contributed by atoms with Crippen LogP contribution in [0.15, 0.2) is 72.3 Å². The van der Waals surface area contributed by atoms with E-state index < -0.39 is 35.5 Å². The Labute approximate surface area is 222 Å². The number of hydrogen-bond acceptors (Lipinski definition) is 6. The number of urea groups is 1. The fourth-order valence-electron chi connectivity index (χ4n) is 4.52. The van der Waals surface area contributed by atoms with Gasteiger partial charge in [0, 0.05) is 12.1 Å². The number of halogens is 1. The second-order valence-electron chi connectivity index (χ2n) is 8.96. The van der Waals surface area contributed by atoms with Crippen LogP contribution in [0.2, 0.25) is 0 Å². The number of fused-ring (bicyclic) bond motifs is 1. The van der Waals surface area contributed by atoms with Crippen LogP contribution in [0.4, 0.5) is 9.18 Å². The van der Waals surface area contributed by atoms with Crippen LogP contribution in [0.5, 0.6) is 5.75 Å². The first-order chi connectivity index (χ1) is 18.8. The number of carbonyl (C=O) groups is 5. The van der Waals surface area contributed by atoms with E-state index >= 15 is 0 Å². The number of amides is 6. The summed E-state index contributed by atoms with van der Waals surface area (Å²) in [5.74, 6) is -2.48. The molecule has 0 radical (unpaired) electrons. The third-order valence-corrected chi connectivity index (χ3v) is 6.55. The number of nitrogens with one attached hydrogen (secondary N) is 1. The van der Waals surface area contributed by atoms with Crippen molar-refractivity contribution >= 4 is 35.7 Å². The number of benzene rings is 3. The number of hydrogen-bond donors (Lipinski definition) is 1. The van der Waals surface area contributed by atoms with Gasteiger partial charge in [-0.25, -0.2) is 9.18 Å². The van der Waals surface area contributed by atoms with E-state index in [1.165, 1.54) is 25.3 Å². The molecule has 0 spiro atoms. The zero-order valence-corrected chi connectivity index (χ0v) is 20.8. The lowest BCUT2D eigenvalue weighted by Crippen LogP contribution is -2.54. The Morgan fingerprint density at radius 1 is 0.846 bits per heavy atom. The average molecular weight is 528 g/mol. The van der Waals surface area contributed by atoms with Gasteiger partial charge in [-0.3, -0.25) is 34.3 Å². The van der Waals surface area contributed by atoms with Crippen LogP contribution in [0.25, 0.3) is 6.08 Å². The van der Waals surface area contributed by atoms with Gasteiger partial charge in [0.25, 0.3) is 23.6 Å². The molecule has 0 bridgehead atoms. The van der Waals surface area contributed by atoms with Gasteiger partial charge in [-0.15, -0.1) is 0 Å². The second-order valence-corrected chi connectivity index (χ2v) is 8.96. The number of methoxy groups -OCH3 is 1. The highest BCUT2D eigenvalue weighted by atomic mass is 19.1. The van der Waals surface area contributed by atoms with Gasteiger partial charge in [0.05, 0.1) is 24.8 Å². The van der Waals surface area contributed by atoms with Gasteiger partial charge in [0.15, 0.2) is 0 Å². The van der Waals surface area contributed by atoms with E-state index in [9.17, 15) is 28.4 Å². The fraction of sp³-hybridized carbons (Fsp3) is 0.138. The molecule has 2 heterocycles. The molecule has 9 nitrogen and oxygen atoms in total. The quantitative estimate of drug-likeness (QED) is 0.287. The molecule has 3 aromatic carbocycles. The first kappa shape index (κ1) is 25.5. The Morgan fingerprint density at radius 3 is 2.15 bits per heavy atom. The molecule has 1 fully saturated rings. The summed E-state index contributed by atoms with van der Waals surface area (Å²) in [7, 11) is 1.45. The summed E-state index contributed by atoms with van der Waals surface area (Å²) < 4.78 is 18.6. The number of barbiturate groups is 1. The normalized spacial score (nSPS) is 16.2. The summed E-state index contributed by atoms with van der Waals surface area (Å²) in [6.07, 6.45) is 1.61. The molecule has 10 heteroatoms. The van der Waals surface area contributed by atoms with Gasteiger partial charge in [0.2, 0.25) is 0 Å². The molecular weight excluding hydrogens is 505 g/mol. The predicted octanol–water partition coefficient (Wildman–Crippen LogP) is 3.34. The van der Waals surface area contributed by atoms with Crippen LogP contribution >= 0.6 is 0 Å². The summed E-state index contributed by atoms with van der Waals surface area (Å²) in [6.45, 7) is -0.108. The molecule has 3 aromatic rings. The molecule has 1 saturated heterocycles. The Hall–Kier alpha value is -5.12. The summed E-state index contributed by atoms with van der Waals surface area (Å²) in [5, 5.41) is 2.17. The zero-order valence-electron chi connectivity index (χ0n) is 20.8. The second kappa shape index (κ2) is 10.3. The molecule has 2 aliphatic rings. The maximum atomic E-state index is 13.2. The van der Waals surface area contributed by atoms with E-state index in [-0.39, 0.29) is 25.1 Å². The third-order valence-electron chi connectivity index (χ3n) is 6.55. The van der Waals surface area contributed by atoms with Crippen molar-refractivity contribution in [1.29, 1.82) is 0 Å². The van der Waals surface area contributed by atoms with Gasteiger partial charge in [0.1, 0.15) is 17.1 Å². The minimum atomic E-state index is -0.847. The van der Waals surface area contributed by atoms with Crippen LogP contribution in [0, 0.1) is 5.82 Å². The molecule has 6 amide bonds. The summed E-state index contributed by atoms with van der Waals surface area (Å²) in [5.41, 5.74) is 1.99. The minimum Gasteiger partial charge on any atom is -0.496 e. The third kappa shape index (κ3) is 4.91. The Bertz CT molecular complexity index is 1530. The van der Waals surface area contributed by atoms with Crippen molar-refractivity contribution in [3.05, 3.63) is 106 Å². The molecule has 0 saturated carbocycles. The molecule has 196 valence electrons. The van der Waals surface area contributed by atoms with Gasteiger partial charge >= 0.3 is 6.03 Å².